The molecule has 0 radical (unpaired) electrons. The standard InChI is InChI=1S/C15H30N2O2/c1-3-19-15(18)10-5-4-7-11-17-12-8-6-9-14(17)13(2)16/h13-14H,3-12,16H2,1-2H3. The van der Waals surface area contributed by atoms with E-state index in [2.05, 4.69) is 11.8 Å². The van der Waals surface area contributed by atoms with Crippen molar-refractivity contribution in [3.63, 3.8) is 0 Å². The zero-order chi connectivity index (χ0) is 14.1. The smallest absolute Gasteiger partial charge is 0.305 e. The number of ether oxygens (including phenoxy) is 1. The molecule has 4 nitrogen and oxygen atoms in total. The second-order valence-corrected chi connectivity index (χ2v) is 5.57. The molecule has 0 amide bonds. The number of carbonyl (C=O) groups is 1. The predicted molar refractivity (Wildman–Crippen MR) is 78.0 cm³/mol. The monoisotopic (exact) mass is 270 g/mol. The van der Waals surface area contributed by atoms with Gasteiger partial charge in [-0.05, 0) is 52.6 Å². The lowest BCUT2D eigenvalue weighted by molar-refractivity contribution is -0.143. The number of hydrogen-bond donors (Lipinski definition) is 1. The second-order valence-electron chi connectivity index (χ2n) is 5.57. The van der Waals surface area contributed by atoms with Crippen LogP contribution in [0.5, 0.6) is 0 Å². The summed E-state index contributed by atoms with van der Waals surface area (Å²) in [5.41, 5.74) is 6.06. The fourth-order valence-corrected chi connectivity index (χ4v) is 2.88. The Morgan fingerprint density at radius 3 is 2.84 bits per heavy atom. The van der Waals surface area contributed by atoms with Crippen LogP contribution in [-0.4, -0.2) is 42.6 Å². The van der Waals surface area contributed by atoms with Crippen molar-refractivity contribution in [1.29, 1.82) is 0 Å². The van der Waals surface area contributed by atoms with E-state index in [9.17, 15) is 4.79 Å². The van der Waals surface area contributed by atoms with Crippen molar-refractivity contribution < 1.29 is 9.53 Å². The fraction of sp³-hybridized carbons (Fsp3) is 0.933. The third kappa shape index (κ3) is 6.39. The van der Waals surface area contributed by atoms with Gasteiger partial charge in [-0.2, -0.15) is 0 Å². The zero-order valence-electron chi connectivity index (χ0n) is 12.6. The molecule has 2 atom stereocenters. The molecule has 0 bridgehead atoms. The lowest BCUT2D eigenvalue weighted by atomic mass is 9.96. The average Bonchev–Trinajstić information content (AvgIpc) is 2.39. The number of hydrogen-bond acceptors (Lipinski definition) is 4. The summed E-state index contributed by atoms with van der Waals surface area (Å²) in [5, 5.41) is 0. The molecule has 1 aliphatic heterocycles. The lowest BCUT2D eigenvalue weighted by Crippen LogP contribution is -2.49. The topological polar surface area (TPSA) is 55.6 Å². The Labute approximate surface area is 117 Å². The Hall–Kier alpha value is -0.610. The molecule has 19 heavy (non-hydrogen) atoms. The molecule has 0 aromatic carbocycles. The Kier molecular flexibility index (Phi) is 8.07. The van der Waals surface area contributed by atoms with Crippen LogP contribution in [0.4, 0.5) is 0 Å². The number of carbonyl (C=O) groups excluding carboxylic acids is 1. The molecule has 0 aromatic heterocycles. The minimum absolute atomic E-state index is 0.0612. The fourth-order valence-electron chi connectivity index (χ4n) is 2.88. The number of piperidine rings is 1. The molecule has 1 heterocycles. The first kappa shape index (κ1) is 16.4. The van der Waals surface area contributed by atoms with E-state index in [0.29, 0.717) is 19.1 Å². The van der Waals surface area contributed by atoms with Crippen LogP contribution in [0.25, 0.3) is 0 Å². The van der Waals surface area contributed by atoms with Crippen molar-refractivity contribution in [2.45, 2.75) is 70.9 Å². The van der Waals surface area contributed by atoms with Gasteiger partial charge in [0.05, 0.1) is 6.61 Å². The van der Waals surface area contributed by atoms with Gasteiger partial charge in [-0.15, -0.1) is 0 Å². The molecule has 0 aliphatic carbocycles. The van der Waals surface area contributed by atoms with Gasteiger partial charge in [0.2, 0.25) is 0 Å². The van der Waals surface area contributed by atoms with E-state index < -0.39 is 0 Å². The van der Waals surface area contributed by atoms with Gasteiger partial charge in [0, 0.05) is 18.5 Å². The summed E-state index contributed by atoms with van der Waals surface area (Å²) < 4.78 is 4.92. The van der Waals surface area contributed by atoms with Gasteiger partial charge < -0.3 is 10.5 Å². The summed E-state index contributed by atoms with van der Waals surface area (Å²) in [6.45, 7) is 6.76. The lowest BCUT2D eigenvalue weighted by Gasteiger charge is -2.38. The molecule has 0 spiro atoms. The molecule has 0 saturated carbocycles. The van der Waals surface area contributed by atoms with Crippen LogP contribution in [0.15, 0.2) is 0 Å². The Balaban J connectivity index is 2.12. The summed E-state index contributed by atoms with van der Waals surface area (Å²) in [6.07, 6.45) is 7.60. The quantitative estimate of drug-likeness (QED) is 0.543. The van der Waals surface area contributed by atoms with E-state index in [4.69, 9.17) is 10.5 Å². The summed E-state index contributed by atoms with van der Waals surface area (Å²) in [4.78, 5) is 13.7. The largest absolute Gasteiger partial charge is 0.466 e. The maximum absolute atomic E-state index is 11.2. The number of likely N-dealkylation sites (tertiary alicyclic amines) is 1. The molecule has 1 rings (SSSR count). The van der Waals surface area contributed by atoms with Crippen molar-refractivity contribution in [2.75, 3.05) is 19.7 Å². The maximum Gasteiger partial charge on any atom is 0.305 e. The Morgan fingerprint density at radius 2 is 2.16 bits per heavy atom. The van der Waals surface area contributed by atoms with Crippen LogP contribution in [-0.2, 0) is 9.53 Å². The predicted octanol–water partition coefficient (Wildman–Crippen LogP) is 2.31. The van der Waals surface area contributed by atoms with Gasteiger partial charge in [-0.3, -0.25) is 9.69 Å². The molecule has 2 N–H and O–H groups in total. The molecule has 0 aromatic rings. The average molecular weight is 270 g/mol. The van der Waals surface area contributed by atoms with Gasteiger partial charge in [-0.25, -0.2) is 0 Å². The molecule has 4 heteroatoms. The van der Waals surface area contributed by atoms with Crippen LogP contribution >= 0.6 is 0 Å². The van der Waals surface area contributed by atoms with Crippen LogP contribution in [0.1, 0.15) is 58.8 Å². The van der Waals surface area contributed by atoms with Crippen LogP contribution in [0.2, 0.25) is 0 Å². The normalized spacial score (nSPS) is 22.2. The number of nitrogens with zero attached hydrogens (tertiary/aromatic N) is 1. The molecule has 1 aliphatic rings. The van der Waals surface area contributed by atoms with E-state index in [0.717, 1.165) is 25.8 Å². The number of esters is 1. The van der Waals surface area contributed by atoms with Crippen molar-refractivity contribution in [2.24, 2.45) is 5.73 Å². The van der Waals surface area contributed by atoms with Crippen molar-refractivity contribution >= 4 is 5.97 Å². The number of rotatable bonds is 8. The molecule has 2 unspecified atom stereocenters. The number of nitrogens with two attached hydrogens (primary N) is 1. The van der Waals surface area contributed by atoms with E-state index >= 15 is 0 Å². The maximum atomic E-state index is 11.2. The molecular weight excluding hydrogens is 240 g/mol. The minimum atomic E-state index is -0.0612. The molecule has 112 valence electrons. The molecule has 1 saturated heterocycles. The summed E-state index contributed by atoms with van der Waals surface area (Å²) in [7, 11) is 0. The Bertz CT molecular complexity index is 257. The second kappa shape index (κ2) is 9.32. The third-order valence-corrected chi connectivity index (χ3v) is 3.90. The van der Waals surface area contributed by atoms with E-state index in [-0.39, 0.29) is 12.0 Å². The summed E-state index contributed by atoms with van der Waals surface area (Å²) >= 11 is 0. The highest BCUT2D eigenvalue weighted by Crippen LogP contribution is 2.19. The summed E-state index contributed by atoms with van der Waals surface area (Å²) in [6, 6.07) is 0.818. The van der Waals surface area contributed by atoms with Gasteiger partial charge in [0.1, 0.15) is 0 Å². The van der Waals surface area contributed by atoms with Crippen LogP contribution in [0.3, 0.4) is 0 Å². The highest BCUT2D eigenvalue weighted by atomic mass is 16.5. The van der Waals surface area contributed by atoms with Crippen LogP contribution in [0, 0.1) is 0 Å². The number of unbranched alkanes of at least 4 members (excludes halogenated alkanes) is 2. The van der Waals surface area contributed by atoms with Gasteiger partial charge in [-0.1, -0.05) is 12.8 Å². The minimum Gasteiger partial charge on any atom is -0.466 e. The highest BCUT2D eigenvalue weighted by Gasteiger charge is 2.24. The van der Waals surface area contributed by atoms with Crippen molar-refractivity contribution in [3.05, 3.63) is 0 Å². The first-order valence-electron chi connectivity index (χ1n) is 7.80. The van der Waals surface area contributed by atoms with E-state index in [1.807, 2.05) is 6.92 Å². The van der Waals surface area contributed by atoms with Gasteiger partial charge in [0.25, 0.3) is 0 Å². The Morgan fingerprint density at radius 1 is 1.37 bits per heavy atom. The first-order valence-corrected chi connectivity index (χ1v) is 7.80. The highest BCUT2D eigenvalue weighted by molar-refractivity contribution is 5.69. The van der Waals surface area contributed by atoms with E-state index in [1.165, 1.54) is 25.8 Å². The molecular formula is C15H30N2O2. The van der Waals surface area contributed by atoms with Crippen LogP contribution < -0.4 is 5.73 Å². The first-order chi connectivity index (χ1) is 9.15. The SMILES string of the molecule is CCOC(=O)CCCCCN1CCCCC1C(C)N. The summed E-state index contributed by atoms with van der Waals surface area (Å²) in [5.74, 6) is -0.0612. The van der Waals surface area contributed by atoms with E-state index in [1.54, 1.807) is 0 Å². The molecule has 1 fully saturated rings. The van der Waals surface area contributed by atoms with Gasteiger partial charge >= 0.3 is 5.97 Å². The van der Waals surface area contributed by atoms with Gasteiger partial charge in [0.15, 0.2) is 0 Å². The van der Waals surface area contributed by atoms with Crippen molar-refractivity contribution in [1.82, 2.24) is 4.90 Å². The zero-order valence-corrected chi connectivity index (χ0v) is 12.6. The third-order valence-electron chi connectivity index (χ3n) is 3.90. The van der Waals surface area contributed by atoms with Crippen molar-refractivity contribution in [3.8, 4) is 0 Å².